The largest absolute Gasteiger partial charge is 0.496 e. The topological polar surface area (TPSA) is 50.5 Å². The van der Waals surface area contributed by atoms with Crippen LogP contribution in [0.1, 0.15) is 28.9 Å². The predicted octanol–water partition coefficient (Wildman–Crippen LogP) is 4.12. The number of nitrogens with zero attached hydrogens (tertiary/aromatic N) is 3. The minimum atomic E-state index is 0.0776. The third kappa shape index (κ3) is 3.75. The summed E-state index contributed by atoms with van der Waals surface area (Å²) in [6.07, 6.45) is 4.17. The van der Waals surface area contributed by atoms with Crippen LogP contribution in [0, 0.1) is 0 Å². The summed E-state index contributed by atoms with van der Waals surface area (Å²) in [5, 5.41) is 10.4. The molecule has 0 fully saturated rings. The van der Waals surface area contributed by atoms with E-state index in [4.69, 9.17) is 21.3 Å². The predicted molar refractivity (Wildman–Crippen MR) is 123 cm³/mol. The Balaban J connectivity index is 1.45. The zero-order valence-electron chi connectivity index (χ0n) is 17.9. The van der Waals surface area contributed by atoms with Gasteiger partial charge in [-0.25, -0.2) is 4.98 Å². The lowest BCUT2D eigenvalue weighted by Crippen LogP contribution is -2.43. The summed E-state index contributed by atoms with van der Waals surface area (Å²) in [6, 6.07) is 14.7. The number of halogens is 1. The van der Waals surface area contributed by atoms with Gasteiger partial charge in [-0.3, -0.25) is 4.90 Å². The third-order valence-corrected chi connectivity index (χ3v) is 7.07. The molecule has 2 aromatic carbocycles. The molecule has 1 atom stereocenters. The van der Waals surface area contributed by atoms with Crippen LogP contribution >= 0.6 is 11.6 Å². The molecule has 0 saturated heterocycles. The van der Waals surface area contributed by atoms with Crippen molar-refractivity contribution in [1.29, 1.82) is 0 Å². The molecule has 2 aliphatic rings. The number of hydrogen-bond donors (Lipinski definition) is 1. The molecule has 2 heterocycles. The zero-order chi connectivity index (χ0) is 21.4. The van der Waals surface area contributed by atoms with Crippen molar-refractivity contribution in [2.24, 2.45) is 0 Å². The molecule has 6 heteroatoms. The first-order valence-corrected chi connectivity index (χ1v) is 11.4. The van der Waals surface area contributed by atoms with Crippen LogP contribution in [0.25, 0.3) is 11.4 Å². The molecule has 0 saturated carbocycles. The van der Waals surface area contributed by atoms with E-state index in [1.807, 2.05) is 24.3 Å². The molecule has 3 aromatic rings. The first kappa shape index (κ1) is 20.6. The first-order chi connectivity index (χ1) is 15.2. The molecule has 5 nitrogen and oxygen atoms in total. The van der Waals surface area contributed by atoms with Crippen LogP contribution < -0.4 is 4.74 Å². The van der Waals surface area contributed by atoms with Crippen LogP contribution in [0.2, 0.25) is 5.02 Å². The average molecular weight is 438 g/mol. The van der Waals surface area contributed by atoms with Crippen molar-refractivity contribution >= 4 is 11.6 Å². The van der Waals surface area contributed by atoms with Gasteiger partial charge in [0, 0.05) is 37.7 Å². The Labute approximate surface area is 188 Å². The minimum Gasteiger partial charge on any atom is -0.496 e. The Hall–Kier alpha value is -2.34. The highest BCUT2D eigenvalue weighted by atomic mass is 35.5. The second-order valence-electron chi connectivity index (χ2n) is 8.40. The number of aryl methyl sites for hydroxylation is 1. The number of ether oxygens (including phenoxy) is 1. The molecule has 1 aromatic heterocycles. The van der Waals surface area contributed by atoms with Crippen LogP contribution in [0.4, 0.5) is 0 Å². The molecule has 0 spiro atoms. The summed E-state index contributed by atoms with van der Waals surface area (Å²) in [5.41, 5.74) is 6.04. The number of imidazole rings is 1. The Morgan fingerprint density at radius 1 is 1.16 bits per heavy atom. The Morgan fingerprint density at radius 2 is 2.03 bits per heavy atom. The number of benzene rings is 2. The second-order valence-corrected chi connectivity index (χ2v) is 8.81. The molecule has 0 radical (unpaired) electrons. The van der Waals surface area contributed by atoms with E-state index in [1.54, 1.807) is 7.11 Å². The maximum atomic E-state index is 9.75. The normalized spacial score (nSPS) is 18.5. The fourth-order valence-electron chi connectivity index (χ4n) is 5.17. The highest BCUT2D eigenvalue weighted by Gasteiger charge is 2.31. The van der Waals surface area contributed by atoms with E-state index >= 15 is 0 Å². The summed E-state index contributed by atoms with van der Waals surface area (Å²) in [5.74, 6) is 1.87. The monoisotopic (exact) mass is 437 g/mol. The number of fused-ring (bicyclic) bond motifs is 2. The first-order valence-electron chi connectivity index (χ1n) is 11.0. The maximum Gasteiger partial charge on any atom is 0.142 e. The summed E-state index contributed by atoms with van der Waals surface area (Å²) in [7, 11) is 1.76. The smallest absolute Gasteiger partial charge is 0.142 e. The number of aliphatic hydroxyl groups excluding tert-OH is 1. The summed E-state index contributed by atoms with van der Waals surface area (Å²) < 4.78 is 7.81. The summed E-state index contributed by atoms with van der Waals surface area (Å²) in [6.45, 7) is 2.45. The second kappa shape index (κ2) is 8.65. The quantitative estimate of drug-likeness (QED) is 0.652. The van der Waals surface area contributed by atoms with Crippen molar-refractivity contribution in [3.8, 4) is 17.1 Å². The number of aromatic nitrogens is 2. The molecule has 5 rings (SSSR count). The number of rotatable bonds is 5. The zero-order valence-corrected chi connectivity index (χ0v) is 18.6. The van der Waals surface area contributed by atoms with Gasteiger partial charge in [0.25, 0.3) is 0 Å². The van der Waals surface area contributed by atoms with E-state index in [2.05, 4.69) is 27.7 Å². The molecule has 1 N–H and O–H groups in total. The Bertz CT molecular complexity index is 1080. The molecular formula is C25H28ClN3O2. The molecular weight excluding hydrogens is 410 g/mol. The van der Waals surface area contributed by atoms with Crippen LogP contribution in [0.15, 0.2) is 42.5 Å². The van der Waals surface area contributed by atoms with Crippen LogP contribution in [0.5, 0.6) is 5.75 Å². The SMILES string of the molecule is COc1cccc2c1CC(N1CCc3nc(-c4ccccc4Cl)n(CCO)c3C1)CC2. The lowest BCUT2D eigenvalue weighted by atomic mass is 9.86. The van der Waals surface area contributed by atoms with Gasteiger partial charge >= 0.3 is 0 Å². The number of aliphatic hydroxyl groups is 1. The highest BCUT2D eigenvalue weighted by molar-refractivity contribution is 6.33. The van der Waals surface area contributed by atoms with Crippen molar-refractivity contribution in [2.45, 2.75) is 44.8 Å². The summed E-state index contributed by atoms with van der Waals surface area (Å²) >= 11 is 6.48. The van der Waals surface area contributed by atoms with Gasteiger partial charge in [-0.05, 0) is 48.6 Å². The molecule has 0 amide bonds. The van der Waals surface area contributed by atoms with E-state index in [9.17, 15) is 5.11 Å². The molecule has 0 bridgehead atoms. The van der Waals surface area contributed by atoms with Gasteiger partial charge in [0.05, 0.1) is 30.1 Å². The van der Waals surface area contributed by atoms with Crippen molar-refractivity contribution < 1.29 is 9.84 Å². The van der Waals surface area contributed by atoms with Crippen LogP contribution in [0.3, 0.4) is 0 Å². The molecule has 1 aliphatic carbocycles. The third-order valence-electron chi connectivity index (χ3n) is 6.74. The van der Waals surface area contributed by atoms with Gasteiger partial charge < -0.3 is 14.4 Å². The molecule has 1 aliphatic heterocycles. The van der Waals surface area contributed by atoms with Crippen LogP contribution in [-0.2, 0) is 32.4 Å². The van der Waals surface area contributed by atoms with E-state index < -0.39 is 0 Å². The van der Waals surface area contributed by atoms with Gasteiger partial charge in [0.2, 0.25) is 0 Å². The fraction of sp³-hybridized carbons (Fsp3) is 0.400. The maximum absolute atomic E-state index is 9.75. The van der Waals surface area contributed by atoms with Crippen molar-refractivity contribution in [2.75, 3.05) is 20.3 Å². The van der Waals surface area contributed by atoms with Gasteiger partial charge in [-0.2, -0.15) is 0 Å². The van der Waals surface area contributed by atoms with E-state index in [0.29, 0.717) is 17.6 Å². The molecule has 162 valence electrons. The standard InChI is InChI=1S/C25H28ClN3O2/c1-31-24-8-4-5-17-9-10-18(15-20(17)24)28-12-11-22-23(16-28)29(13-14-30)25(27-22)19-6-2-3-7-21(19)26/h2-8,18,30H,9-16H2,1H3. The van der Waals surface area contributed by atoms with Gasteiger partial charge in [0.1, 0.15) is 11.6 Å². The number of hydrogen-bond acceptors (Lipinski definition) is 4. The fourth-order valence-corrected chi connectivity index (χ4v) is 5.39. The van der Waals surface area contributed by atoms with E-state index in [0.717, 1.165) is 61.6 Å². The van der Waals surface area contributed by atoms with Crippen molar-refractivity contribution in [1.82, 2.24) is 14.5 Å². The van der Waals surface area contributed by atoms with Gasteiger partial charge in [-0.1, -0.05) is 35.9 Å². The van der Waals surface area contributed by atoms with E-state index in [1.165, 1.54) is 16.8 Å². The lowest BCUT2D eigenvalue weighted by Gasteiger charge is -2.38. The number of methoxy groups -OCH3 is 1. The van der Waals surface area contributed by atoms with Gasteiger partial charge in [0.15, 0.2) is 0 Å². The molecule has 31 heavy (non-hydrogen) atoms. The van der Waals surface area contributed by atoms with Crippen LogP contribution in [-0.4, -0.2) is 45.9 Å². The highest BCUT2D eigenvalue weighted by Crippen LogP contribution is 2.35. The van der Waals surface area contributed by atoms with Crippen molar-refractivity contribution in [3.05, 3.63) is 70.0 Å². The minimum absolute atomic E-state index is 0.0776. The Kier molecular flexibility index (Phi) is 5.74. The average Bonchev–Trinajstić information content (AvgIpc) is 3.16. The van der Waals surface area contributed by atoms with Crippen molar-refractivity contribution in [3.63, 3.8) is 0 Å². The summed E-state index contributed by atoms with van der Waals surface area (Å²) in [4.78, 5) is 7.55. The Morgan fingerprint density at radius 3 is 2.84 bits per heavy atom. The lowest BCUT2D eigenvalue weighted by molar-refractivity contribution is 0.156. The van der Waals surface area contributed by atoms with E-state index in [-0.39, 0.29) is 6.61 Å². The molecule has 1 unspecified atom stereocenters. The van der Waals surface area contributed by atoms with Gasteiger partial charge in [-0.15, -0.1) is 0 Å².